The molecule has 55 heavy (non-hydrogen) atoms. The van der Waals surface area contributed by atoms with Crippen molar-refractivity contribution in [1.82, 2.24) is 8.61 Å². The first-order valence-electron chi connectivity index (χ1n) is 19.7. The molecule has 0 saturated heterocycles. The molecule has 0 heterocycles. The van der Waals surface area contributed by atoms with E-state index in [0.717, 1.165) is 0 Å². The van der Waals surface area contributed by atoms with Crippen molar-refractivity contribution in [2.24, 2.45) is 0 Å². The van der Waals surface area contributed by atoms with Gasteiger partial charge < -0.3 is 0 Å². The van der Waals surface area contributed by atoms with Crippen molar-refractivity contribution >= 4 is 81.3 Å². The Balaban J connectivity index is 3.66. The molecule has 0 spiro atoms. The Morgan fingerprint density at radius 3 is 1.00 bits per heavy atom. The first-order valence-corrected chi connectivity index (χ1v) is 36.5. The summed E-state index contributed by atoms with van der Waals surface area (Å²) in [5.41, 5.74) is 0. The van der Waals surface area contributed by atoms with E-state index in [1.807, 2.05) is 0 Å². The normalized spacial score (nSPS) is 15.0. The van der Waals surface area contributed by atoms with E-state index in [1.165, 1.54) is 14.7 Å². The van der Waals surface area contributed by atoms with Crippen LogP contribution in [-0.4, -0.2) is 136 Å². The van der Waals surface area contributed by atoms with Gasteiger partial charge in [0.25, 0.3) is 0 Å². The maximum atomic E-state index is 14.7. The Morgan fingerprint density at radius 2 is 0.745 bits per heavy atom. The summed E-state index contributed by atoms with van der Waals surface area (Å²) in [6.45, 7) is 44.5. The van der Waals surface area contributed by atoms with E-state index in [2.05, 4.69) is 135 Å². The van der Waals surface area contributed by atoms with Crippen LogP contribution in [0.5, 0.6) is 0 Å². The SMILES string of the molecule is CC(C)(C)[Si](C)(C)OCCN(CCO[Si](C)(C)C(C)(C)C)S(=O)(=O)c1cc[c]([BiH2])c(S(=O)(=O)N(CCO[Si](C)(C)C(C)(C)C)CCO[Si](C)(C)C(C)(C)C)c1. The molecule has 17 heteroatoms. The number of nitrogens with zero attached hydrogens (tertiary/aromatic N) is 2. The van der Waals surface area contributed by atoms with Gasteiger partial charge in [0.1, 0.15) is 0 Å². The average Bonchev–Trinajstić information content (AvgIpc) is 2.97. The fourth-order valence-corrected chi connectivity index (χ4v) is 14.0. The molecule has 0 aliphatic rings. The van der Waals surface area contributed by atoms with Gasteiger partial charge in [-0.3, -0.25) is 0 Å². The third-order valence-electron chi connectivity index (χ3n) is 12.7. The fraction of sp³-hybridized carbons (Fsp3) is 0.842. The van der Waals surface area contributed by atoms with Gasteiger partial charge >= 0.3 is 361 Å². The molecule has 0 aliphatic carbocycles. The molecule has 0 unspecified atom stereocenters. The summed E-state index contributed by atoms with van der Waals surface area (Å²) in [5.74, 6) is 0. The fourth-order valence-electron chi connectivity index (χ4n) is 4.37. The maximum absolute atomic E-state index is 14.7. The number of benzene rings is 1. The molecule has 1 aromatic rings. The standard InChI is InChI=1S/C38H79N2O8S2Si4.Bi.2H/c1-35(2,3)51(13,14)45-28-24-39(25-29-46-52(15,16)36(4,5)6)49(41,42)33-22-21-23-34(32-33)50(43,44)40(26-30-47-53(17,18)37(7,8)9)27-31-48-54(19,20)38(10,11)12;;;/h21-22,32H,24-31H2,1-20H3;;;. The summed E-state index contributed by atoms with van der Waals surface area (Å²) in [5, 5.41) is -0.147. The molecular weight excluding hydrogens is 998 g/mol. The molecule has 0 atom stereocenters. The summed E-state index contributed by atoms with van der Waals surface area (Å²) in [6, 6.07) is 4.58. The molecule has 0 aromatic heterocycles. The Hall–Kier alpha value is 0.631. The van der Waals surface area contributed by atoms with E-state index in [1.54, 1.807) is 12.1 Å². The van der Waals surface area contributed by atoms with Crippen LogP contribution >= 0.6 is 0 Å². The van der Waals surface area contributed by atoms with Gasteiger partial charge in [-0.25, -0.2) is 0 Å². The monoisotopic (exact) mass is 1080 g/mol. The van der Waals surface area contributed by atoms with Crippen LogP contribution in [0.2, 0.25) is 72.5 Å². The predicted octanol–water partition coefficient (Wildman–Crippen LogP) is 8.01. The van der Waals surface area contributed by atoms with Gasteiger partial charge in [0.15, 0.2) is 0 Å². The van der Waals surface area contributed by atoms with Gasteiger partial charge in [-0.15, -0.1) is 0 Å². The van der Waals surface area contributed by atoms with Crippen LogP contribution in [0.1, 0.15) is 83.1 Å². The summed E-state index contributed by atoms with van der Waals surface area (Å²) >= 11 is 0.146. The number of rotatable bonds is 20. The van der Waals surface area contributed by atoms with Crippen molar-refractivity contribution in [2.75, 3.05) is 52.6 Å². The molecule has 0 aliphatic heterocycles. The molecule has 1 rings (SSSR count). The minimum atomic E-state index is -4.14. The summed E-state index contributed by atoms with van der Waals surface area (Å²) in [7, 11) is -16.9. The van der Waals surface area contributed by atoms with Crippen LogP contribution < -0.4 is 3.27 Å². The van der Waals surface area contributed by atoms with Crippen LogP contribution in [-0.2, 0) is 37.8 Å². The van der Waals surface area contributed by atoms with Crippen molar-refractivity contribution in [2.45, 2.75) is 165 Å². The van der Waals surface area contributed by atoms with Crippen LogP contribution in [0.25, 0.3) is 0 Å². The van der Waals surface area contributed by atoms with Gasteiger partial charge in [-0.2, -0.15) is 0 Å². The molecule has 0 bridgehead atoms. The van der Waals surface area contributed by atoms with E-state index >= 15 is 0 Å². The van der Waals surface area contributed by atoms with Crippen LogP contribution in [0.15, 0.2) is 28.0 Å². The van der Waals surface area contributed by atoms with Gasteiger partial charge in [-0.05, 0) is 0 Å². The van der Waals surface area contributed by atoms with Crippen molar-refractivity contribution in [1.29, 1.82) is 0 Å². The van der Waals surface area contributed by atoms with E-state index in [4.69, 9.17) is 17.7 Å². The molecular formula is C38H81BiN2O8S2Si4. The summed E-state index contributed by atoms with van der Waals surface area (Å²) in [4.78, 5) is -0.0154. The second-order valence-corrected chi connectivity index (χ2v) is 46.4. The van der Waals surface area contributed by atoms with Crippen molar-refractivity contribution in [3.05, 3.63) is 18.2 Å². The molecule has 0 fully saturated rings. The quantitative estimate of drug-likeness (QED) is 0.121. The Bertz CT molecular complexity index is 1560. The second-order valence-electron chi connectivity index (χ2n) is 20.9. The zero-order valence-corrected chi connectivity index (χ0v) is 48.6. The molecule has 324 valence electrons. The van der Waals surface area contributed by atoms with E-state index in [0.29, 0.717) is 3.27 Å². The Kier molecular flexibility index (Phi) is 18.7. The molecule has 0 saturated carbocycles. The Morgan fingerprint density at radius 1 is 0.491 bits per heavy atom. The van der Waals surface area contributed by atoms with E-state index in [9.17, 15) is 16.8 Å². The van der Waals surface area contributed by atoms with Gasteiger partial charge in [0.05, 0.1) is 0 Å². The third kappa shape index (κ3) is 14.7. The molecule has 0 amide bonds. The predicted molar refractivity (Wildman–Crippen MR) is 245 cm³/mol. The van der Waals surface area contributed by atoms with Crippen molar-refractivity contribution in [3.63, 3.8) is 0 Å². The zero-order chi connectivity index (χ0) is 43.5. The first-order chi connectivity index (χ1) is 24.2. The summed E-state index contributed by atoms with van der Waals surface area (Å²) in [6.07, 6.45) is 0. The van der Waals surface area contributed by atoms with E-state index < -0.39 is 53.3 Å². The number of hydrogen-bond donors (Lipinski definition) is 0. The van der Waals surface area contributed by atoms with Crippen molar-refractivity contribution in [3.8, 4) is 0 Å². The van der Waals surface area contributed by atoms with Crippen LogP contribution in [0.3, 0.4) is 0 Å². The molecule has 0 N–H and O–H groups in total. The minimum absolute atomic E-state index is 0.0354. The zero-order valence-electron chi connectivity index (χ0n) is 38.4. The number of sulfonamides is 2. The third-order valence-corrected chi connectivity index (χ3v) is 37.5. The average molecular weight is 1080 g/mol. The van der Waals surface area contributed by atoms with Gasteiger partial charge in [-0.1, -0.05) is 0 Å². The molecule has 1 aromatic carbocycles. The summed E-state index contributed by atoms with van der Waals surface area (Å²) < 4.78 is 87.7. The molecule has 10 nitrogen and oxygen atoms in total. The van der Waals surface area contributed by atoms with Crippen LogP contribution in [0.4, 0.5) is 0 Å². The number of hydrogen-bond acceptors (Lipinski definition) is 8. The van der Waals surface area contributed by atoms with Gasteiger partial charge in [0, 0.05) is 0 Å². The second kappa shape index (κ2) is 19.1. The molecule has 0 radical (unpaired) electrons. The first kappa shape index (κ1) is 53.6. The topological polar surface area (TPSA) is 112 Å². The van der Waals surface area contributed by atoms with Crippen LogP contribution in [0, 0.1) is 0 Å². The van der Waals surface area contributed by atoms with Gasteiger partial charge in [0.2, 0.25) is 0 Å². The van der Waals surface area contributed by atoms with E-state index in [-0.39, 0.29) is 107 Å². The van der Waals surface area contributed by atoms with Crippen molar-refractivity contribution < 1.29 is 34.5 Å². The Labute approximate surface area is 358 Å².